The lowest BCUT2D eigenvalue weighted by Crippen LogP contribution is -2.69. The smallest absolute Gasteiger partial charge is 0.235 e. The molecule has 0 radical (unpaired) electrons. The third kappa shape index (κ3) is 4.58. The van der Waals surface area contributed by atoms with Crippen LogP contribution in [-0.4, -0.2) is 39.3 Å². The average Bonchev–Trinajstić information content (AvgIpc) is 2.80. The molecule has 1 fully saturated rings. The van der Waals surface area contributed by atoms with Crippen molar-refractivity contribution in [2.45, 2.75) is 77.2 Å². The van der Waals surface area contributed by atoms with E-state index in [4.69, 9.17) is 9.16 Å². The molecule has 0 N–H and O–H groups in total. The Morgan fingerprint density at radius 3 is 1.85 bits per heavy atom. The van der Waals surface area contributed by atoms with E-state index in [-0.39, 0.29) is 17.8 Å². The number of amides is 1. The van der Waals surface area contributed by atoms with Gasteiger partial charge in [0.1, 0.15) is 11.8 Å². The summed E-state index contributed by atoms with van der Waals surface area (Å²) in [4.78, 5) is 28.9. The van der Waals surface area contributed by atoms with Gasteiger partial charge < -0.3 is 14.1 Å². The lowest BCUT2D eigenvalue weighted by Gasteiger charge is -2.52. The molecule has 5 nitrogen and oxygen atoms in total. The number of carbonyl (C=O) groups is 2. The zero-order valence-corrected chi connectivity index (χ0v) is 22.7. The molecule has 0 spiro atoms. The van der Waals surface area contributed by atoms with Gasteiger partial charge >= 0.3 is 0 Å². The summed E-state index contributed by atoms with van der Waals surface area (Å²) in [5, 5.41) is 0. The maximum absolute atomic E-state index is 13.7. The van der Waals surface area contributed by atoms with E-state index >= 15 is 0 Å². The van der Waals surface area contributed by atoms with Gasteiger partial charge in [0.25, 0.3) is 0 Å². The molecule has 2 aromatic carbocycles. The first-order chi connectivity index (χ1) is 16.1. The standard InChI is InChI=1S/C28H39NO4Si/c1-18(2)34(19(3)4,20(5)6)33-21(7)25-26(27(30)22-12-10-9-11-13-22)29(28(25)31)23-14-16-24(32-8)17-15-23/h9-21,25-26H,1-8H3/t21-,25+,26+/m0/s1. The van der Waals surface area contributed by atoms with E-state index in [1.54, 1.807) is 12.0 Å². The van der Waals surface area contributed by atoms with Crippen molar-refractivity contribution in [3.8, 4) is 5.75 Å². The van der Waals surface area contributed by atoms with Crippen LogP contribution in [0.15, 0.2) is 54.6 Å². The van der Waals surface area contributed by atoms with E-state index in [1.807, 2.05) is 61.5 Å². The van der Waals surface area contributed by atoms with Gasteiger partial charge in [0.15, 0.2) is 5.78 Å². The Balaban J connectivity index is 1.99. The highest BCUT2D eigenvalue weighted by atomic mass is 28.4. The maximum Gasteiger partial charge on any atom is 0.235 e. The number of carbonyl (C=O) groups excluding carboxylic acids is 2. The highest BCUT2D eigenvalue weighted by Gasteiger charge is 2.57. The second kappa shape index (κ2) is 10.4. The zero-order valence-electron chi connectivity index (χ0n) is 21.7. The molecule has 0 aliphatic carbocycles. The molecule has 0 unspecified atom stereocenters. The number of Topliss-reactive ketones (excluding diaryl/α,β-unsaturated/α-hetero) is 1. The Kier molecular flexibility index (Phi) is 8.04. The molecule has 1 aliphatic heterocycles. The van der Waals surface area contributed by atoms with Gasteiger partial charge in [-0.25, -0.2) is 0 Å². The summed E-state index contributed by atoms with van der Waals surface area (Å²) in [6.07, 6.45) is -0.349. The number of benzene rings is 2. The highest BCUT2D eigenvalue weighted by molar-refractivity contribution is 6.77. The predicted octanol–water partition coefficient (Wildman–Crippen LogP) is 6.49. The molecule has 1 heterocycles. The van der Waals surface area contributed by atoms with E-state index in [2.05, 4.69) is 41.5 Å². The van der Waals surface area contributed by atoms with Crippen LogP contribution in [0, 0.1) is 5.92 Å². The van der Waals surface area contributed by atoms with Crippen LogP contribution in [0.3, 0.4) is 0 Å². The number of ketones is 1. The highest BCUT2D eigenvalue weighted by Crippen LogP contribution is 2.46. The summed E-state index contributed by atoms with van der Waals surface area (Å²) in [7, 11) is -0.615. The number of β-lactam (4-membered cyclic amide) rings is 1. The molecule has 184 valence electrons. The molecular weight excluding hydrogens is 442 g/mol. The van der Waals surface area contributed by atoms with Crippen molar-refractivity contribution < 1.29 is 18.8 Å². The zero-order chi connectivity index (χ0) is 25.2. The first-order valence-corrected chi connectivity index (χ1v) is 14.4. The second-order valence-corrected chi connectivity index (χ2v) is 15.7. The third-order valence-electron chi connectivity index (χ3n) is 7.42. The van der Waals surface area contributed by atoms with Crippen LogP contribution in [0.2, 0.25) is 16.6 Å². The fourth-order valence-electron chi connectivity index (χ4n) is 5.86. The minimum Gasteiger partial charge on any atom is -0.497 e. The second-order valence-electron chi connectivity index (χ2n) is 10.2. The Labute approximate surface area is 205 Å². The molecule has 1 saturated heterocycles. The quantitative estimate of drug-likeness (QED) is 0.221. The molecular formula is C28H39NO4Si. The molecule has 34 heavy (non-hydrogen) atoms. The third-order valence-corrected chi connectivity index (χ3v) is 13.6. The number of methoxy groups -OCH3 is 1. The van der Waals surface area contributed by atoms with Gasteiger partial charge in [-0.05, 0) is 47.8 Å². The van der Waals surface area contributed by atoms with Gasteiger partial charge in [-0.1, -0.05) is 71.9 Å². The molecule has 1 aliphatic rings. The maximum atomic E-state index is 13.7. The van der Waals surface area contributed by atoms with E-state index in [1.165, 1.54) is 0 Å². The van der Waals surface area contributed by atoms with Crippen molar-refractivity contribution in [2.24, 2.45) is 5.92 Å². The van der Waals surface area contributed by atoms with E-state index in [0.29, 0.717) is 33.6 Å². The lowest BCUT2D eigenvalue weighted by atomic mass is 9.78. The van der Waals surface area contributed by atoms with Crippen molar-refractivity contribution in [3.63, 3.8) is 0 Å². The van der Waals surface area contributed by atoms with Crippen LogP contribution in [0.1, 0.15) is 58.8 Å². The Bertz CT molecular complexity index is 965. The average molecular weight is 482 g/mol. The predicted molar refractivity (Wildman–Crippen MR) is 140 cm³/mol. The molecule has 2 aromatic rings. The van der Waals surface area contributed by atoms with Crippen molar-refractivity contribution in [2.75, 3.05) is 12.0 Å². The van der Waals surface area contributed by atoms with E-state index in [9.17, 15) is 9.59 Å². The molecule has 3 rings (SSSR count). The SMILES string of the molecule is COc1ccc(N2C(=O)[C@H]([C@H](C)O[Si](C(C)C)(C(C)C)C(C)C)[C@@H]2C(=O)c2ccccc2)cc1. The van der Waals surface area contributed by atoms with Crippen LogP contribution < -0.4 is 9.64 Å². The van der Waals surface area contributed by atoms with Crippen molar-refractivity contribution in [1.82, 2.24) is 0 Å². The van der Waals surface area contributed by atoms with Gasteiger partial charge in [0.05, 0.1) is 19.1 Å². The summed E-state index contributed by atoms with van der Waals surface area (Å²) < 4.78 is 12.2. The number of anilines is 1. The molecule has 3 atom stereocenters. The molecule has 0 aromatic heterocycles. The fraction of sp³-hybridized carbons (Fsp3) is 0.500. The minimum atomic E-state index is -2.22. The Morgan fingerprint density at radius 1 is 0.853 bits per heavy atom. The topological polar surface area (TPSA) is 55.8 Å². The van der Waals surface area contributed by atoms with E-state index < -0.39 is 20.3 Å². The van der Waals surface area contributed by atoms with Crippen LogP contribution in [0.25, 0.3) is 0 Å². The van der Waals surface area contributed by atoms with Gasteiger partial charge in [-0.15, -0.1) is 0 Å². The largest absolute Gasteiger partial charge is 0.497 e. The van der Waals surface area contributed by atoms with Gasteiger partial charge in [0, 0.05) is 11.3 Å². The summed E-state index contributed by atoms with van der Waals surface area (Å²) >= 11 is 0. The van der Waals surface area contributed by atoms with Crippen LogP contribution >= 0.6 is 0 Å². The Hall–Kier alpha value is -2.44. The lowest BCUT2D eigenvalue weighted by molar-refractivity contribution is -0.133. The monoisotopic (exact) mass is 481 g/mol. The van der Waals surface area contributed by atoms with Gasteiger partial charge in [-0.3, -0.25) is 9.59 Å². The summed E-state index contributed by atoms with van der Waals surface area (Å²) in [6.45, 7) is 15.4. The minimum absolute atomic E-state index is 0.0534. The first-order valence-electron chi connectivity index (χ1n) is 12.3. The number of nitrogens with zero attached hydrogens (tertiary/aromatic N) is 1. The summed E-state index contributed by atoms with van der Waals surface area (Å²) in [5.74, 6) is 0.0731. The van der Waals surface area contributed by atoms with Crippen molar-refractivity contribution in [1.29, 1.82) is 0 Å². The number of hydrogen-bond donors (Lipinski definition) is 0. The molecule has 6 heteroatoms. The van der Waals surface area contributed by atoms with Crippen LogP contribution in [0.4, 0.5) is 5.69 Å². The van der Waals surface area contributed by atoms with Gasteiger partial charge in [-0.2, -0.15) is 0 Å². The van der Waals surface area contributed by atoms with Crippen LogP contribution in [0.5, 0.6) is 5.75 Å². The number of rotatable bonds is 10. The molecule has 1 amide bonds. The van der Waals surface area contributed by atoms with E-state index in [0.717, 1.165) is 0 Å². The fourth-order valence-corrected chi connectivity index (χ4v) is 11.5. The van der Waals surface area contributed by atoms with Gasteiger partial charge in [0.2, 0.25) is 14.2 Å². The molecule has 0 saturated carbocycles. The number of ether oxygens (including phenoxy) is 1. The Morgan fingerprint density at radius 2 is 1.38 bits per heavy atom. The normalized spacial score (nSPS) is 19.5. The number of hydrogen-bond acceptors (Lipinski definition) is 4. The summed E-state index contributed by atoms with van der Waals surface area (Å²) in [5.41, 5.74) is 2.49. The van der Waals surface area contributed by atoms with Crippen molar-refractivity contribution in [3.05, 3.63) is 60.2 Å². The summed E-state index contributed by atoms with van der Waals surface area (Å²) in [6, 6.07) is 15.9. The first kappa shape index (κ1) is 26.2. The molecule has 0 bridgehead atoms. The van der Waals surface area contributed by atoms with Crippen LogP contribution in [-0.2, 0) is 9.22 Å². The van der Waals surface area contributed by atoms with Crippen molar-refractivity contribution >= 4 is 25.7 Å².